The van der Waals surface area contributed by atoms with Crippen molar-refractivity contribution >= 4 is 18.1 Å². The van der Waals surface area contributed by atoms with Crippen molar-refractivity contribution in [2.24, 2.45) is 0 Å². The Morgan fingerprint density at radius 1 is 1.88 bits per heavy atom. The lowest BCUT2D eigenvalue weighted by Gasteiger charge is -2.05. The molecule has 1 N–H and O–H groups in total. The van der Waals surface area contributed by atoms with Gasteiger partial charge in [0.2, 0.25) is 0 Å². The van der Waals surface area contributed by atoms with Crippen molar-refractivity contribution < 1.29 is 9.09 Å². The maximum atomic E-state index is 10.6. The molecule has 5 heteroatoms. The number of halogens is 1. The first-order valence-electron chi connectivity index (χ1n) is 2.23. The highest BCUT2D eigenvalue weighted by Gasteiger charge is 2.13. The van der Waals surface area contributed by atoms with Crippen molar-refractivity contribution in [3.63, 3.8) is 0 Å². The van der Waals surface area contributed by atoms with Gasteiger partial charge >= 0.3 is 6.87 Å². The minimum absolute atomic E-state index is 0.550. The zero-order valence-corrected chi connectivity index (χ0v) is 6.50. The molecule has 0 saturated heterocycles. The molecule has 0 fully saturated rings. The van der Waals surface area contributed by atoms with Crippen LogP contribution in [0.5, 0.6) is 0 Å². The molecule has 0 spiro atoms. The minimum Gasteiger partial charge on any atom is -0.310 e. The average Bonchev–Trinajstić information content (AvgIpc) is 1.67. The van der Waals surface area contributed by atoms with Crippen LogP contribution in [0, 0.1) is 0 Å². The largest absolute Gasteiger partial charge is 0.360 e. The molecule has 0 radical (unpaired) electrons. The summed E-state index contributed by atoms with van der Waals surface area (Å²) in [6, 6.07) is 0. The summed E-state index contributed by atoms with van der Waals surface area (Å²) >= 11 is 5.24. The average molecular weight is 158 g/mol. The molecule has 0 aromatic rings. The predicted octanol–water partition coefficient (Wildman–Crippen LogP) is 1.59. The summed E-state index contributed by atoms with van der Waals surface area (Å²) < 4.78 is 15.0. The lowest BCUT2D eigenvalue weighted by molar-refractivity contribution is 0.398. The molecule has 0 heterocycles. The highest BCUT2D eigenvalue weighted by atomic mass is 35.7. The van der Waals surface area contributed by atoms with E-state index < -0.39 is 6.87 Å². The molecule has 8 heavy (non-hydrogen) atoms. The number of hydrogen-bond donors (Lipinski definition) is 1. The lowest BCUT2D eigenvalue weighted by atomic mass is 10.8. The second kappa shape index (κ2) is 3.46. The normalized spacial score (nSPS) is 17.9. The first-order chi connectivity index (χ1) is 3.62. The Kier molecular flexibility index (Phi) is 3.65. The molecule has 0 bridgehead atoms. The second-order valence-electron chi connectivity index (χ2n) is 1.17. The van der Waals surface area contributed by atoms with Gasteiger partial charge in [0.15, 0.2) is 0 Å². The van der Waals surface area contributed by atoms with E-state index in [4.69, 9.17) is 11.2 Å². The fraction of sp³-hybridized carbons (Fsp3) is 1.00. The van der Waals surface area contributed by atoms with Gasteiger partial charge in [-0.15, -0.1) is 0 Å². The molecule has 0 aromatic heterocycles. The first kappa shape index (κ1) is 8.44. The minimum atomic E-state index is -2.95. The summed E-state index contributed by atoms with van der Waals surface area (Å²) in [5.41, 5.74) is 0. The van der Waals surface area contributed by atoms with Gasteiger partial charge in [-0.3, -0.25) is 4.57 Å². The summed E-state index contributed by atoms with van der Waals surface area (Å²) in [4.78, 5) is 0. The molecule has 0 aromatic carbocycles. The molecular formula is C3H9ClNO2P. The molecule has 0 aliphatic rings. The van der Waals surface area contributed by atoms with Crippen LogP contribution < -0.4 is 5.09 Å². The van der Waals surface area contributed by atoms with E-state index >= 15 is 0 Å². The summed E-state index contributed by atoms with van der Waals surface area (Å²) in [7, 11) is 1.30. The maximum Gasteiger partial charge on any atom is 0.360 e. The van der Waals surface area contributed by atoms with Crippen LogP contribution in [-0.2, 0) is 9.09 Å². The van der Waals surface area contributed by atoms with Gasteiger partial charge in [0.05, 0.1) is 0 Å². The van der Waals surface area contributed by atoms with Crippen molar-refractivity contribution in [3.8, 4) is 0 Å². The van der Waals surface area contributed by atoms with Gasteiger partial charge in [-0.1, -0.05) is 6.92 Å². The Morgan fingerprint density at radius 2 is 2.38 bits per heavy atom. The fourth-order valence-electron chi connectivity index (χ4n) is 0.253. The monoisotopic (exact) mass is 157 g/mol. The molecule has 1 unspecified atom stereocenters. The maximum absolute atomic E-state index is 10.6. The Hall–Kier alpha value is 0.440. The van der Waals surface area contributed by atoms with E-state index in [-0.39, 0.29) is 0 Å². The van der Waals surface area contributed by atoms with Crippen molar-refractivity contribution in [3.05, 3.63) is 0 Å². The van der Waals surface area contributed by atoms with Gasteiger partial charge < -0.3 is 4.52 Å². The van der Waals surface area contributed by atoms with Crippen LogP contribution in [-0.4, -0.2) is 13.7 Å². The van der Waals surface area contributed by atoms with E-state index in [0.29, 0.717) is 6.54 Å². The standard InChI is InChI=1S/C3H9ClNO2P/c1-3-5-8(4,6)7-2/h3H2,1-2H3,(H,5,6). The first-order valence-corrected chi connectivity index (χ1v) is 4.76. The van der Waals surface area contributed by atoms with Crippen molar-refractivity contribution in [2.45, 2.75) is 6.92 Å². The fourth-order valence-corrected chi connectivity index (χ4v) is 1.12. The SMILES string of the molecule is CCNP(=O)(Cl)OC. The second-order valence-corrected chi connectivity index (χ2v) is 4.15. The van der Waals surface area contributed by atoms with E-state index in [1.807, 2.05) is 0 Å². The van der Waals surface area contributed by atoms with Crippen molar-refractivity contribution in [2.75, 3.05) is 13.7 Å². The molecule has 3 nitrogen and oxygen atoms in total. The van der Waals surface area contributed by atoms with Gasteiger partial charge in [0.1, 0.15) is 0 Å². The molecule has 50 valence electrons. The van der Waals surface area contributed by atoms with Crippen LogP contribution in [0.2, 0.25) is 0 Å². The van der Waals surface area contributed by atoms with Gasteiger partial charge in [-0.25, -0.2) is 5.09 Å². The van der Waals surface area contributed by atoms with Crippen LogP contribution in [0.15, 0.2) is 0 Å². The van der Waals surface area contributed by atoms with Gasteiger partial charge in [0.25, 0.3) is 0 Å². The van der Waals surface area contributed by atoms with E-state index in [9.17, 15) is 4.57 Å². The highest BCUT2D eigenvalue weighted by molar-refractivity contribution is 7.83. The third-order valence-corrected chi connectivity index (χ3v) is 2.52. The molecular weight excluding hydrogens is 148 g/mol. The number of nitrogens with one attached hydrogen (secondary N) is 1. The topological polar surface area (TPSA) is 38.3 Å². The molecule has 0 saturated carbocycles. The zero-order valence-electron chi connectivity index (χ0n) is 4.85. The Bertz CT molecular complexity index is 107. The Labute approximate surface area is 53.7 Å². The lowest BCUT2D eigenvalue weighted by Crippen LogP contribution is -2.05. The summed E-state index contributed by atoms with van der Waals surface area (Å²) in [6.45, 7) is -0.601. The summed E-state index contributed by atoms with van der Waals surface area (Å²) in [5.74, 6) is 0. The van der Waals surface area contributed by atoms with Crippen LogP contribution in [0.1, 0.15) is 6.92 Å². The molecule has 0 aliphatic carbocycles. The summed E-state index contributed by atoms with van der Waals surface area (Å²) in [5, 5.41) is 2.47. The number of hydrogen-bond acceptors (Lipinski definition) is 2. The van der Waals surface area contributed by atoms with E-state index in [1.165, 1.54) is 7.11 Å². The van der Waals surface area contributed by atoms with Crippen LogP contribution in [0.25, 0.3) is 0 Å². The Morgan fingerprint density at radius 3 is 2.50 bits per heavy atom. The van der Waals surface area contributed by atoms with Crippen molar-refractivity contribution in [1.82, 2.24) is 5.09 Å². The highest BCUT2D eigenvalue weighted by Crippen LogP contribution is 2.46. The van der Waals surface area contributed by atoms with Crippen LogP contribution in [0.3, 0.4) is 0 Å². The van der Waals surface area contributed by atoms with Crippen LogP contribution in [0.4, 0.5) is 0 Å². The molecule has 0 rings (SSSR count). The van der Waals surface area contributed by atoms with E-state index in [0.717, 1.165) is 0 Å². The molecule has 0 amide bonds. The van der Waals surface area contributed by atoms with Gasteiger partial charge in [-0.05, 0) is 11.2 Å². The smallest absolute Gasteiger partial charge is 0.310 e. The molecule has 0 aliphatic heterocycles. The Balaban J connectivity index is 3.55. The zero-order chi connectivity index (χ0) is 6.62. The molecule has 1 atom stereocenters. The third kappa shape index (κ3) is 3.44. The van der Waals surface area contributed by atoms with Gasteiger partial charge in [-0.2, -0.15) is 0 Å². The van der Waals surface area contributed by atoms with Gasteiger partial charge in [0, 0.05) is 13.7 Å². The predicted molar refractivity (Wildman–Crippen MR) is 34.1 cm³/mol. The number of rotatable bonds is 3. The quantitative estimate of drug-likeness (QED) is 0.633. The summed E-state index contributed by atoms with van der Waals surface area (Å²) in [6.07, 6.45) is 0. The van der Waals surface area contributed by atoms with Crippen molar-refractivity contribution in [1.29, 1.82) is 0 Å². The van der Waals surface area contributed by atoms with Crippen LogP contribution >= 0.6 is 18.1 Å². The van der Waals surface area contributed by atoms with E-state index in [1.54, 1.807) is 6.92 Å². The van der Waals surface area contributed by atoms with E-state index in [2.05, 4.69) is 9.61 Å². The third-order valence-electron chi connectivity index (χ3n) is 0.582.